The molecule has 0 aromatic carbocycles. The van der Waals surface area contributed by atoms with Crippen LogP contribution in [0.25, 0.3) is 0 Å². The average Bonchev–Trinajstić information content (AvgIpc) is 2.52. The van der Waals surface area contributed by atoms with E-state index in [1.165, 1.54) is 30.6 Å². The zero-order chi connectivity index (χ0) is 10.1. The highest BCUT2D eigenvalue weighted by Gasteiger charge is 2.23. The molecule has 1 N–H and O–H groups in total. The monoisotopic (exact) mass is 208 g/mol. The van der Waals surface area contributed by atoms with E-state index in [1.807, 2.05) is 6.07 Å². The molecule has 0 radical (unpaired) electrons. The van der Waals surface area contributed by atoms with Gasteiger partial charge < -0.3 is 4.98 Å². The van der Waals surface area contributed by atoms with Crippen molar-refractivity contribution in [3.8, 4) is 0 Å². The highest BCUT2D eigenvalue weighted by atomic mass is 32.1. The van der Waals surface area contributed by atoms with E-state index in [2.05, 4.69) is 29.9 Å². The molecule has 1 fully saturated rings. The molecule has 76 valence electrons. The van der Waals surface area contributed by atoms with Crippen LogP contribution in [0.4, 0.5) is 0 Å². The number of rotatable bonds is 1. The third-order valence-electron chi connectivity index (χ3n) is 3.04. The van der Waals surface area contributed by atoms with Crippen molar-refractivity contribution >= 4 is 12.2 Å². The number of likely N-dealkylation sites (tertiary alicyclic amines) is 1. The molecule has 2 rings (SSSR count). The summed E-state index contributed by atoms with van der Waals surface area (Å²) in [5.74, 6) is 0. The second-order valence-electron chi connectivity index (χ2n) is 4.04. The summed E-state index contributed by atoms with van der Waals surface area (Å²) in [4.78, 5) is 5.64. The van der Waals surface area contributed by atoms with Gasteiger partial charge in [0.1, 0.15) is 4.64 Å². The molecule has 0 bridgehead atoms. The summed E-state index contributed by atoms with van der Waals surface area (Å²) in [6, 6.07) is 4.74. The quantitative estimate of drug-likeness (QED) is 0.716. The van der Waals surface area contributed by atoms with Gasteiger partial charge in [0.05, 0.1) is 0 Å². The molecule has 0 spiro atoms. The van der Waals surface area contributed by atoms with Crippen molar-refractivity contribution < 1.29 is 0 Å². The third kappa shape index (κ3) is 1.74. The molecule has 1 saturated heterocycles. The Hall–Kier alpha value is -0.670. The van der Waals surface area contributed by atoms with E-state index in [1.54, 1.807) is 0 Å². The molecule has 0 saturated carbocycles. The van der Waals surface area contributed by atoms with Gasteiger partial charge in [-0.1, -0.05) is 18.3 Å². The lowest BCUT2D eigenvalue weighted by molar-refractivity contribution is 0.316. The van der Waals surface area contributed by atoms with Crippen molar-refractivity contribution in [3.63, 3.8) is 0 Å². The normalized spacial score (nSPS) is 22.9. The first-order valence-electron chi connectivity index (χ1n) is 5.08. The number of pyridine rings is 1. The van der Waals surface area contributed by atoms with Crippen molar-refractivity contribution in [1.82, 2.24) is 9.88 Å². The summed E-state index contributed by atoms with van der Waals surface area (Å²) in [7, 11) is 2.19. The number of aromatic nitrogens is 1. The SMILES string of the molecule is Cc1[nH]c(=S)ccc1C1CCCN1C. The zero-order valence-electron chi connectivity index (χ0n) is 8.71. The number of hydrogen-bond donors (Lipinski definition) is 1. The molecule has 1 atom stereocenters. The van der Waals surface area contributed by atoms with E-state index >= 15 is 0 Å². The summed E-state index contributed by atoms with van der Waals surface area (Å²) in [5, 5.41) is 0. The van der Waals surface area contributed by atoms with Crippen LogP contribution in [0.1, 0.15) is 30.1 Å². The number of aromatic amines is 1. The second-order valence-corrected chi connectivity index (χ2v) is 4.48. The van der Waals surface area contributed by atoms with Gasteiger partial charge in [0.2, 0.25) is 0 Å². The van der Waals surface area contributed by atoms with Gasteiger partial charge >= 0.3 is 0 Å². The molecule has 1 aliphatic rings. The van der Waals surface area contributed by atoms with Crippen LogP contribution in [-0.2, 0) is 0 Å². The van der Waals surface area contributed by atoms with Crippen molar-refractivity contribution in [2.24, 2.45) is 0 Å². The van der Waals surface area contributed by atoms with Gasteiger partial charge in [-0.2, -0.15) is 0 Å². The van der Waals surface area contributed by atoms with Gasteiger partial charge in [-0.25, -0.2) is 0 Å². The van der Waals surface area contributed by atoms with Crippen LogP contribution in [-0.4, -0.2) is 23.5 Å². The summed E-state index contributed by atoms with van der Waals surface area (Å²) >= 11 is 5.09. The van der Waals surface area contributed by atoms with E-state index in [0.29, 0.717) is 6.04 Å². The summed E-state index contributed by atoms with van der Waals surface area (Å²) < 4.78 is 0.826. The van der Waals surface area contributed by atoms with Crippen LogP contribution >= 0.6 is 12.2 Å². The van der Waals surface area contributed by atoms with Gasteiger partial charge in [-0.15, -0.1) is 0 Å². The minimum atomic E-state index is 0.585. The topological polar surface area (TPSA) is 19.0 Å². The van der Waals surface area contributed by atoms with E-state index < -0.39 is 0 Å². The molecule has 1 aliphatic heterocycles. The van der Waals surface area contributed by atoms with Gasteiger partial charge in [0.15, 0.2) is 0 Å². The fourth-order valence-electron chi connectivity index (χ4n) is 2.25. The first kappa shape index (κ1) is 9.87. The molecule has 1 aromatic heterocycles. The van der Waals surface area contributed by atoms with Gasteiger partial charge in [0, 0.05) is 11.7 Å². The Morgan fingerprint density at radius 1 is 1.50 bits per heavy atom. The first-order valence-corrected chi connectivity index (χ1v) is 5.49. The van der Waals surface area contributed by atoms with E-state index in [-0.39, 0.29) is 0 Å². The standard InChI is InChI=1S/C11H16N2S/c1-8-9(5-6-11(14)12-8)10-4-3-7-13(10)2/h5-6,10H,3-4,7H2,1-2H3,(H,12,14). The number of H-pyrrole nitrogens is 1. The molecule has 1 aromatic rings. The van der Waals surface area contributed by atoms with Crippen LogP contribution in [0.2, 0.25) is 0 Å². The lowest BCUT2D eigenvalue weighted by atomic mass is 10.0. The molecular formula is C11H16N2S. The molecule has 0 aliphatic carbocycles. The van der Waals surface area contributed by atoms with E-state index in [4.69, 9.17) is 12.2 Å². The molecule has 0 amide bonds. The smallest absolute Gasteiger partial charge is 0.103 e. The molecular weight excluding hydrogens is 192 g/mol. The van der Waals surface area contributed by atoms with E-state index in [9.17, 15) is 0 Å². The van der Waals surface area contributed by atoms with Crippen LogP contribution in [0, 0.1) is 11.6 Å². The lowest BCUT2D eigenvalue weighted by Gasteiger charge is -2.21. The number of hydrogen-bond acceptors (Lipinski definition) is 2. The fraction of sp³-hybridized carbons (Fsp3) is 0.545. The Labute approximate surface area is 90.0 Å². The van der Waals surface area contributed by atoms with Gasteiger partial charge in [0.25, 0.3) is 0 Å². The van der Waals surface area contributed by atoms with Crippen molar-refractivity contribution in [1.29, 1.82) is 0 Å². The third-order valence-corrected chi connectivity index (χ3v) is 3.28. The maximum absolute atomic E-state index is 5.09. The maximum atomic E-state index is 5.09. The van der Waals surface area contributed by atoms with Crippen LogP contribution < -0.4 is 0 Å². The number of nitrogens with zero attached hydrogens (tertiary/aromatic N) is 1. The minimum Gasteiger partial charge on any atom is -0.350 e. The Balaban J connectivity index is 2.36. The van der Waals surface area contributed by atoms with Crippen molar-refractivity contribution in [2.75, 3.05) is 13.6 Å². The van der Waals surface area contributed by atoms with Crippen molar-refractivity contribution in [3.05, 3.63) is 28.0 Å². The van der Waals surface area contributed by atoms with Crippen LogP contribution in [0.5, 0.6) is 0 Å². The number of nitrogens with one attached hydrogen (secondary N) is 1. The number of aryl methyl sites for hydroxylation is 1. The zero-order valence-corrected chi connectivity index (χ0v) is 9.53. The van der Waals surface area contributed by atoms with E-state index in [0.717, 1.165) is 4.64 Å². The Morgan fingerprint density at radius 3 is 2.86 bits per heavy atom. The summed E-state index contributed by atoms with van der Waals surface area (Å²) in [6.45, 7) is 3.32. The Bertz CT molecular complexity index is 383. The van der Waals surface area contributed by atoms with Gasteiger partial charge in [-0.3, -0.25) is 4.90 Å². The predicted octanol–water partition coefficient (Wildman–Crippen LogP) is 2.82. The lowest BCUT2D eigenvalue weighted by Crippen LogP contribution is -2.18. The second kappa shape index (κ2) is 3.83. The average molecular weight is 208 g/mol. The molecule has 1 unspecified atom stereocenters. The highest BCUT2D eigenvalue weighted by molar-refractivity contribution is 7.71. The maximum Gasteiger partial charge on any atom is 0.103 e. The Morgan fingerprint density at radius 2 is 2.29 bits per heavy atom. The fourth-order valence-corrected chi connectivity index (χ4v) is 2.47. The minimum absolute atomic E-state index is 0.585. The highest BCUT2D eigenvalue weighted by Crippen LogP contribution is 2.31. The Kier molecular flexibility index (Phi) is 2.70. The molecule has 14 heavy (non-hydrogen) atoms. The predicted molar refractivity (Wildman–Crippen MR) is 61.0 cm³/mol. The largest absolute Gasteiger partial charge is 0.350 e. The summed E-state index contributed by atoms with van der Waals surface area (Å²) in [5.41, 5.74) is 2.62. The molecule has 2 nitrogen and oxygen atoms in total. The molecule has 2 heterocycles. The van der Waals surface area contributed by atoms with Gasteiger partial charge in [-0.05, 0) is 45.0 Å². The first-order chi connectivity index (χ1) is 6.68. The van der Waals surface area contributed by atoms with Crippen LogP contribution in [0.15, 0.2) is 12.1 Å². The molecule has 3 heteroatoms. The summed E-state index contributed by atoms with van der Waals surface area (Å²) in [6.07, 6.45) is 2.57. The van der Waals surface area contributed by atoms with Crippen molar-refractivity contribution in [2.45, 2.75) is 25.8 Å². The van der Waals surface area contributed by atoms with Crippen LogP contribution in [0.3, 0.4) is 0 Å².